The molecule has 6 rings (SSSR count). The molecule has 1 amide bonds. The second kappa shape index (κ2) is 8.38. The fourth-order valence-electron chi connectivity index (χ4n) is 5.09. The van der Waals surface area contributed by atoms with Crippen LogP contribution in [0.15, 0.2) is 48.8 Å². The number of carbonyl (C=O) groups excluding carboxylic acids is 1. The van der Waals surface area contributed by atoms with Gasteiger partial charge in [0, 0.05) is 31.2 Å². The topological polar surface area (TPSA) is 90.9 Å². The van der Waals surface area contributed by atoms with E-state index in [1.807, 2.05) is 23.1 Å². The molecule has 170 valence electrons. The van der Waals surface area contributed by atoms with Crippen molar-refractivity contribution >= 4 is 44.2 Å². The molecule has 0 N–H and O–H groups in total. The third-order valence-electron chi connectivity index (χ3n) is 6.47. The zero-order valence-corrected chi connectivity index (χ0v) is 19.7. The average Bonchev–Trinajstić information content (AvgIpc) is 3.52. The predicted octanol–water partition coefficient (Wildman–Crippen LogP) is 4.00. The molecule has 4 aromatic rings. The zero-order valence-electron chi connectivity index (χ0n) is 18.1. The molecule has 2 aliphatic heterocycles. The van der Waals surface area contributed by atoms with E-state index in [4.69, 9.17) is 16.6 Å². The summed E-state index contributed by atoms with van der Waals surface area (Å²) in [4.78, 5) is 24.2. The Hall–Kier alpha value is -3.48. The number of rotatable bonds is 3. The lowest BCUT2D eigenvalue weighted by Crippen LogP contribution is -2.54. The normalized spacial score (nSPS) is 19.9. The van der Waals surface area contributed by atoms with E-state index in [1.54, 1.807) is 41.9 Å². The van der Waals surface area contributed by atoms with Gasteiger partial charge in [-0.05, 0) is 54.7 Å². The van der Waals surface area contributed by atoms with Gasteiger partial charge in [-0.25, -0.2) is 4.98 Å². The number of hydrogen-bond acceptors (Lipinski definition) is 7. The molecular weight excluding hydrogens is 470 g/mol. The van der Waals surface area contributed by atoms with Crippen molar-refractivity contribution in [2.75, 3.05) is 31.1 Å². The van der Waals surface area contributed by atoms with E-state index < -0.39 is 0 Å². The van der Waals surface area contributed by atoms with Crippen LogP contribution in [0.5, 0.6) is 0 Å². The first-order valence-corrected chi connectivity index (χ1v) is 12.3. The van der Waals surface area contributed by atoms with Crippen LogP contribution in [0.3, 0.4) is 0 Å². The van der Waals surface area contributed by atoms with E-state index in [2.05, 4.69) is 21.2 Å². The van der Waals surface area contributed by atoms with Crippen molar-refractivity contribution in [2.24, 2.45) is 11.8 Å². The summed E-state index contributed by atoms with van der Waals surface area (Å²) in [6, 6.07) is 13.0. The molecule has 2 bridgehead atoms. The largest absolute Gasteiger partial charge is 0.347 e. The van der Waals surface area contributed by atoms with Crippen molar-refractivity contribution in [3.63, 3.8) is 0 Å². The summed E-state index contributed by atoms with van der Waals surface area (Å²) >= 11 is 7.82. The lowest BCUT2D eigenvalue weighted by Gasteiger charge is -2.45. The van der Waals surface area contributed by atoms with E-state index in [0.717, 1.165) is 39.9 Å². The molecule has 2 saturated heterocycles. The Morgan fingerprint density at radius 3 is 2.56 bits per heavy atom. The molecule has 10 heteroatoms. The van der Waals surface area contributed by atoms with Gasteiger partial charge in [0.1, 0.15) is 0 Å². The van der Waals surface area contributed by atoms with Crippen LogP contribution in [0.25, 0.3) is 15.9 Å². The SMILES string of the molecule is N#Cc1ccc(-n2nccn2)c(C(=O)N2CC3CC(C2)CN(c2nc4ccc(Cl)cc4s2)C3)c1. The highest BCUT2D eigenvalue weighted by atomic mass is 35.5. The van der Waals surface area contributed by atoms with Crippen LogP contribution < -0.4 is 4.90 Å². The molecule has 0 spiro atoms. The summed E-state index contributed by atoms with van der Waals surface area (Å²) in [6.07, 6.45) is 4.24. The van der Waals surface area contributed by atoms with Gasteiger partial charge < -0.3 is 9.80 Å². The van der Waals surface area contributed by atoms with Crippen molar-refractivity contribution in [3.05, 3.63) is 64.9 Å². The number of nitriles is 1. The van der Waals surface area contributed by atoms with Crippen molar-refractivity contribution in [1.82, 2.24) is 24.9 Å². The lowest BCUT2D eigenvalue weighted by atomic mass is 9.84. The van der Waals surface area contributed by atoms with Gasteiger partial charge in [0.15, 0.2) is 5.13 Å². The number of likely N-dealkylation sites (tertiary alicyclic amines) is 1. The van der Waals surface area contributed by atoms with Crippen LogP contribution in [0, 0.1) is 23.2 Å². The van der Waals surface area contributed by atoms with E-state index >= 15 is 0 Å². The minimum Gasteiger partial charge on any atom is -0.347 e. The first-order chi connectivity index (χ1) is 16.6. The molecule has 0 aliphatic carbocycles. The van der Waals surface area contributed by atoms with Gasteiger partial charge in [0.05, 0.1) is 45.5 Å². The molecule has 2 unspecified atom stereocenters. The molecule has 2 fully saturated rings. The molecule has 0 radical (unpaired) electrons. The van der Waals surface area contributed by atoms with Gasteiger partial charge in [-0.1, -0.05) is 22.9 Å². The number of piperidine rings is 2. The van der Waals surface area contributed by atoms with Gasteiger partial charge in [-0.2, -0.15) is 20.3 Å². The second-order valence-corrected chi connectivity index (χ2v) is 10.3. The Morgan fingerprint density at radius 2 is 1.82 bits per heavy atom. The summed E-state index contributed by atoms with van der Waals surface area (Å²) in [7, 11) is 0. The van der Waals surface area contributed by atoms with Crippen LogP contribution >= 0.6 is 22.9 Å². The summed E-state index contributed by atoms with van der Waals surface area (Å²) in [5.74, 6) is 0.636. The minimum absolute atomic E-state index is 0.0813. The van der Waals surface area contributed by atoms with Crippen LogP contribution in [-0.2, 0) is 0 Å². The maximum atomic E-state index is 13.6. The van der Waals surface area contributed by atoms with E-state index in [-0.39, 0.29) is 5.91 Å². The number of amides is 1. The maximum Gasteiger partial charge on any atom is 0.256 e. The van der Waals surface area contributed by atoms with Crippen molar-refractivity contribution < 1.29 is 4.79 Å². The predicted molar refractivity (Wildman–Crippen MR) is 130 cm³/mol. The number of benzene rings is 2. The molecular formula is C24H20ClN7OS. The molecule has 34 heavy (non-hydrogen) atoms. The Labute approximate surface area is 205 Å². The third-order valence-corrected chi connectivity index (χ3v) is 7.78. The smallest absolute Gasteiger partial charge is 0.256 e. The highest BCUT2D eigenvalue weighted by Crippen LogP contribution is 2.36. The first kappa shape index (κ1) is 21.1. The third kappa shape index (κ3) is 3.79. The van der Waals surface area contributed by atoms with Gasteiger partial charge >= 0.3 is 0 Å². The van der Waals surface area contributed by atoms with Crippen LogP contribution in [0.2, 0.25) is 5.02 Å². The highest BCUT2D eigenvalue weighted by molar-refractivity contribution is 7.22. The average molecular weight is 490 g/mol. The number of hydrogen-bond donors (Lipinski definition) is 0. The van der Waals surface area contributed by atoms with Gasteiger partial charge in [0.25, 0.3) is 5.91 Å². The van der Waals surface area contributed by atoms with Gasteiger partial charge in [0.2, 0.25) is 0 Å². The lowest BCUT2D eigenvalue weighted by molar-refractivity contribution is 0.0564. The number of aromatic nitrogens is 4. The van der Waals surface area contributed by atoms with E-state index in [0.29, 0.717) is 41.7 Å². The van der Waals surface area contributed by atoms with Crippen LogP contribution in [0.1, 0.15) is 22.3 Å². The number of fused-ring (bicyclic) bond motifs is 3. The summed E-state index contributed by atoms with van der Waals surface area (Å²) in [5.41, 5.74) is 2.45. The molecule has 2 aliphatic rings. The monoisotopic (exact) mass is 489 g/mol. The molecule has 2 atom stereocenters. The number of nitrogens with zero attached hydrogens (tertiary/aromatic N) is 7. The Morgan fingerprint density at radius 1 is 1.06 bits per heavy atom. The summed E-state index contributed by atoms with van der Waals surface area (Å²) in [5, 5.41) is 19.5. The standard InChI is InChI=1S/C24H20ClN7OS/c25-18-2-3-20-22(9-18)34-24(29-20)31-13-16-7-17(14-31)12-30(11-16)23(33)19-8-15(10-26)1-4-21(19)32-27-5-6-28-32/h1-6,8-9,16-17H,7,11-14H2. The molecule has 2 aromatic carbocycles. The van der Waals surface area contributed by atoms with Crippen molar-refractivity contribution in [3.8, 4) is 11.8 Å². The Balaban J connectivity index is 1.24. The summed E-state index contributed by atoms with van der Waals surface area (Å²) < 4.78 is 1.09. The quantitative estimate of drug-likeness (QED) is 0.432. The molecule has 4 heterocycles. The fourth-order valence-corrected chi connectivity index (χ4v) is 6.35. The molecule has 8 nitrogen and oxygen atoms in total. The second-order valence-electron chi connectivity index (χ2n) is 8.85. The molecule has 2 aromatic heterocycles. The zero-order chi connectivity index (χ0) is 23.2. The molecule has 0 saturated carbocycles. The van der Waals surface area contributed by atoms with Crippen molar-refractivity contribution in [2.45, 2.75) is 6.42 Å². The minimum atomic E-state index is -0.0813. The van der Waals surface area contributed by atoms with Gasteiger partial charge in [-0.3, -0.25) is 4.79 Å². The van der Waals surface area contributed by atoms with Crippen LogP contribution in [0.4, 0.5) is 5.13 Å². The maximum absolute atomic E-state index is 13.6. The number of anilines is 1. The van der Waals surface area contributed by atoms with E-state index in [1.165, 1.54) is 4.80 Å². The number of thiazole rings is 1. The van der Waals surface area contributed by atoms with Gasteiger partial charge in [-0.15, -0.1) is 0 Å². The Kier molecular flexibility index (Phi) is 5.20. The highest BCUT2D eigenvalue weighted by Gasteiger charge is 2.37. The fraction of sp³-hybridized carbons (Fsp3) is 0.292. The first-order valence-electron chi connectivity index (χ1n) is 11.1. The van der Waals surface area contributed by atoms with Crippen molar-refractivity contribution in [1.29, 1.82) is 5.26 Å². The number of halogens is 1. The number of carbonyl (C=O) groups is 1. The Bertz CT molecular complexity index is 1410. The summed E-state index contributed by atoms with van der Waals surface area (Å²) in [6.45, 7) is 3.07. The van der Waals surface area contributed by atoms with Crippen LogP contribution in [-0.4, -0.2) is 57.0 Å². The van der Waals surface area contributed by atoms with E-state index in [9.17, 15) is 10.1 Å².